The van der Waals surface area contributed by atoms with E-state index in [1.165, 1.54) is 7.11 Å². The van der Waals surface area contributed by atoms with Gasteiger partial charge >= 0.3 is 5.97 Å². The number of ether oxygens (including phenoxy) is 1. The van der Waals surface area contributed by atoms with E-state index in [1.807, 2.05) is 0 Å². The molecule has 1 aliphatic carbocycles. The van der Waals surface area contributed by atoms with E-state index in [-0.39, 0.29) is 17.8 Å². The van der Waals surface area contributed by atoms with E-state index in [1.54, 1.807) is 10.9 Å². The van der Waals surface area contributed by atoms with Gasteiger partial charge in [-0.15, -0.1) is 5.10 Å². The lowest BCUT2D eigenvalue weighted by atomic mass is 9.91. The molecular formula is C10H16N4O2. The quantitative estimate of drug-likeness (QED) is 0.740. The molecule has 88 valence electrons. The molecule has 2 N–H and O–H groups in total. The molecule has 0 aromatic carbocycles. The van der Waals surface area contributed by atoms with Crippen molar-refractivity contribution < 1.29 is 9.53 Å². The predicted molar refractivity (Wildman–Crippen MR) is 56.8 cm³/mol. The fourth-order valence-corrected chi connectivity index (χ4v) is 2.11. The second-order valence-corrected chi connectivity index (χ2v) is 4.09. The highest BCUT2D eigenvalue weighted by molar-refractivity contribution is 5.86. The van der Waals surface area contributed by atoms with E-state index in [9.17, 15) is 4.79 Å². The molecule has 0 aliphatic heterocycles. The molecule has 2 unspecified atom stereocenters. The van der Waals surface area contributed by atoms with Crippen molar-refractivity contribution in [2.45, 2.75) is 37.8 Å². The molecule has 6 heteroatoms. The van der Waals surface area contributed by atoms with Gasteiger partial charge in [-0.05, 0) is 12.8 Å². The smallest absolute Gasteiger partial charge is 0.360 e. The summed E-state index contributed by atoms with van der Waals surface area (Å²) in [6, 6.07) is 0.251. The lowest BCUT2D eigenvalue weighted by Crippen LogP contribution is -2.35. The summed E-state index contributed by atoms with van der Waals surface area (Å²) >= 11 is 0. The van der Waals surface area contributed by atoms with Crippen LogP contribution in [0, 0.1) is 0 Å². The van der Waals surface area contributed by atoms with Crippen LogP contribution in [0.4, 0.5) is 0 Å². The topological polar surface area (TPSA) is 83.0 Å². The summed E-state index contributed by atoms with van der Waals surface area (Å²) in [5.74, 6) is -0.462. The van der Waals surface area contributed by atoms with Crippen molar-refractivity contribution in [2.75, 3.05) is 7.11 Å². The van der Waals surface area contributed by atoms with Gasteiger partial charge in [0.05, 0.1) is 19.3 Å². The van der Waals surface area contributed by atoms with Crippen molar-refractivity contribution in [3.05, 3.63) is 11.9 Å². The molecule has 16 heavy (non-hydrogen) atoms. The number of nitrogens with zero attached hydrogens (tertiary/aromatic N) is 3. The van der Waals surface area contributed by atoms with Gasteiger partial charge in [0.1, 0.15) is 0 Å². The number of methoxy groups -OCH3 is 1. The molecule has 0 spiro atoms. The normalized spacial score (nSPS) is 25.4. The number of hydrogen-bond donors (Lipinski definition) is 1. The highest BCUT2D eigenvalue weighted by Crippen LogP contribution is 2.26. The highest BCUT2D eigenvalue weighted by Gasteiger charge is 2.25. The number of rotatable bonds is 2. The lowest BCUT2D eigenvalue weighted by molar-refractivity contribution is 0.0594. The Hall–Kier alpha value is -1.43. The lowest BCUT2D eigenvalue weighted by Gasteiger charge is -2.28. The molecule has 1 heterocycles. The van der Waals surface area contributed by atoms with Crippen LogP contribution in [0.15, 0.2) is 6.20 Å². The first kappa shape index (κ1) is 11.1. The standard InChI is InChI=1S/C10H16N4O2/c1-16-10(15)8-6-14(13-12-8)9-5-3-2-4-7(9)11/h6-7,9H,2-5,11H2,1H3. The van der Waals surface area contributed by atoms with Crippen molar-refractivity contribution in [1.82, 2.24) is 15.0 Å². The van der Waals surface area contributed by atoms with Gasteiger partial charge in [-0.25, -0.2) is 9.48 Å². The first-order valence-electron chi connectivity index (χ1n) is 5.48. The molecule has 1 aliphatic rings. The monoisotopic (exact) mass is 224 g/mol. The highest BCUT2D eigenvalue weighted by atomic mass is 16.5. The third kappa shape index (κ3) is 2.06. The zero-order valence-electron chi connectivity index (χ0n) is 9.30. The van der Waals surface area contributed by atoms with Crippen LogP contribution in [0.1, 0.15) is 42.2 Å². The SMILES string of the molecule is COC(=O)c1cn(C2CCCCC2N)nn1. The summed E-state index contributed by atoms with van der Waals surface area (Å²) in [5.41, 5.74) is 6.26. The third-order valence-corrected chi connectivity index (χ3v) is 3.03. The van der Waals surface area contributed by atoms with Gasteiger partial charge in [0, 0.05) is 6.04 Å². The fourth-order valence-electron chi connectivity index (χ4n) is 2.11. The van der Waals surface area contributed by atoms with E-state index >= 15 is 0 Å². The van der Waals surface area contributed by atoms with E-state index in [0.29, 0.717) is 0 Å². The Labute approximate surface area is 93.8 Å². The number of esters is 1. The molecule has 1 aromatic rings. The van der Waals surface area contributed by atoms with Crippen LogP contribution < -0.4 is 5.73 Å². The number of carbonyl (C=O) groups excluding carboxylic acids is 1. The molecule has 2 atom stereocenters. The largest absolute Gasteiger partial charge is 0.464 e. The Bertz CT molecular complexity index is 377. The van der Waals surface area contributed by atoms with Crippen molar-refractivity contribution in [1.29, 1.82) is 0 Å². The number of nitrogens with two attached hydrogens (primary N) is 1. The Morgan fingerprint density at radius 1 is 1.56 bits per heavy atom. The maximum Gasteiger partial charge on any atom is 0.360 e. The van der Waals surface area contributed by atoms with Crippen LogP contribution in [0.25, 0.3) is 0 Å². The van der Waals surface area contributed by atoms with Crippen LogP contribution in [0.3, 0.4) is 0 Å². The first-order valence-corrected chi connectivity index (χ1v) is 5.48. The second-order valence-electron chi connectivity index (χ2n) is 4.09. The average Bonchev–Trinajstić information content (AvgIpc) is 2.78. The van der Waals surface area contributed by atoms with Crippen LogP contribution >= 0.6 is 0 Å². The molecule has 0 saturated heterocycles. The Morgan fingerprint density at radius 3 is 3.00 bits per heavy atom. The molecule has 0 radical (unpaired) electrons. The predicted octanol–water partition coefficient (Wildman–Crippen LogP) is 0.507. The number of aromatic nitrogens is 3. The summed E-state index contributed by atoms with van der Waals surface area (Å²) in [5, 5.41) is 7.72. The molecule has 1 saturated carbocycles. The summed E-state index contributed by atoms with van der Waals surface area (Å²) < 4.78 is 6.27. The molecule has 1 aromatic heterocycles. The molecular weight excluding hydrogens is 208 g/mol. The third-order valence-electron chi connectivity index (χ3n) is 3.03. The zero-order valence-corrected chi connectivity index (χ0v) is 9.30. The van der Waals surface area contributed by atoms with Gasteiger partial charge in [0.15, 0.2) is 5.69 Å². The minimum atomic E-state index is -0.462. The van der Waals surface area contributed by atoms with Gasteiger partial charge in [-0.2, -0.15) is 0 Å². The zero-order chi connectivity index (χ0) is 11.5. The summed E-state index contributed by atoms with van der Waals surface area (Å²) in [6.07, 6.45) is 5.91. The van der Waals surface area contributed by atoms with Gasteiger partial charge in [0.2, 0.25) is 0 Å². The molecule has 1 fully saturated rings. The molecule has 0 bridgehead atoms. The maximum atomic E-state index is 11.2. The Balaban J connectivity index is 2.14. The van der Waals surface area contributed by atoms with E-state index in [4.69, 9.17) is 5.73 Å². The molecule has 6 nitrogen and oxygen atoms in total. The second kappa shape index (κ2) is 4.61. The Morgan fingerprint density at radius 2 is 2.31 bits per heavy atom. The summed E-state index contributed by atoms with van der Waals surface area (Å²) in [7, 11) is 1.33. The van der Waals surface area contributed by atoms with Gasteiger partial charge in [-0.3, -0.25) is 0 Å². The van der Waals surface area contributed by atoms with Crippen molar-refractivity contribution in [3.8, 4) is 0 Å². The molecule has 0 amide bonds. The van der Waals surface area contributed by atoms with Crippen LogP contribution in [-0.2, 0) is 4.74 Å². The van der Waals surface area contributed by atoms with E-state index in [0.717, 1.165) is 25.7 Å². The Kier molecular flexibility index (Phi) is 3.19. The van der Waals surface area contributed by atoms with Crippen molar-refractivity contribution >= 4 is 5.97 Å². The van der Waals surface area contributed by atoms with Gasteiger partial charge in [0.25, 0.3) is 0 Å². The van der Waals surface area contributed by atoms with Gasteiger partial charge in [-0.1, -0.05) is 18.1 Å². The number of carbonyl (C=O) groups is 1. The van der Waals surface area contributed by atoms with E-state index < -0.39 is 5.97 Å². The van der Waals surface area contributed by atoms with E-state index in [2.05, 4.69) is 15.0 Å². The first-order chi connectivity index (χ1) is 7.72. The van der Waals surface area contributed by atoms with Crippen LogP contribution in [0.2, 0.25) is 0 Å². The minimum absolute atomic E-state index is 0.0981. The summed E-state index contributed by atoms with van der Waals surface area (Å²) in [4.78, 5) is 11.2. The van der Waals surface area contributed by atoms with Crippen LogP contribution in [-0.4, -0.2) is 34.1 Å². The molecule has 2 rings (SSSR count). The van der Waals surface area contributed by atoms with Crippen molar-refractivity contribution in [3.63, 3.8) is 0 Å². The maximum absolute atomic E-state index is 11.2. The minimum Gasteiger partial charge on any atom is -0.464 e. The fraction of sp³-hybridized carbons (Fsp3) is 0.700. The van der Waals surface area contributed by atoms with Crippen LogP contribution in [0.5, 0.6) is 0 Å². The summed E-state index contributed by atoms with van der Waals surface area (Å²) in [6.45, 7) is 0. The number of hydrogen-bond acceptors (Lipinski definition) is 5. The van der Waals surface area contributed by atoms with Crippen molar-refractivity contribution in [2.24, 2.45) is 5.73 Å². The van der Waals surface area contributed by atoms with Gasteiger partial charge < -0.3 is 10.5 Å². The average molecular weight is 224 g/mol.